The molecule has 1 amide bonds. The van der Waals surface area contributed by atoms with Gasteiger partial charge in [0, 0.05) is 30.8 Å². The molecule has 2 aliphatic rings. The molecular weight excluding hydrogens is 353 g/mol. The fourth-order valence-corrected chi connectivity index (χ4v) is 4.50. The van der Waals surface area contributed by atoms with Crippen molar-refractivity contribution in [2.24, 2.45) is 0 Å². The minimum Gasteiger partial charge on any atom is -0.347 e. The Bertz CT molecular complexity index is 731. The van der Waals surface area contributed by atoms with Crippen molar-refractivity contribution >= 4 is 17.2 Å². The lowest BCUT2D eigenvalue weighted by molar-refractivity contribution is -0.187. The molecule has 0 saturated carbocycles. The molecule has 0 aliphatic carbocycles. The van der Waals surface area contributed by atoms with Crippen molar-refractivity contribution in [1.82, 2.24) is 4.90 Å². The summed E-state index contributed by atoms with van der Waals surface area (Å²) in [4.78, 5) is 16.3. The maximum Gasteiger partial charge on any atom is 0.230 e. The molecule has 4 rings (SSSR count). The lowest BCUT2D eigenvalue weighted by Gasteiger charge is -2.39. The molecule has 2 aliphatic heterocycles. The molecule has 138 valence electrons. The summed E-state index contributed by atoms with van der Waals surface area (Å²) in [5.41, 5.74) is 0.860. The van der Waals surface area contributed by atoms with Gasteiger partial charge in [0.2, 0.25) is 5.91 Å². The molecule has 1 aromatic carbocycles. The van der Waals surface area contributed by atoms with E-state index in [2.05, 4.69) is 0 Å². The van der Waals surface area contributed by atoms with Crippen LogP contribution in [0.3, 0.4) is 0 Å². The molecule has 1 atom stereocenters. The molecule has 1 unspecified atom stereocenters. The van der Waals surface area contributed by atoms with Gasteiger partial charge in [-0.25, -0.2) is 4.39 Å². The maximum absolute atomic E-state index is 13.3. The van der Waals surface area contributed by atoms with Crippen molar-refractivity contribution in [3.05, 3.63) is 58.0 Å². The summed E-state index contributed by atoms with van der Waals surface area (Å²) in [5.74, 6) is -0.978. The highest BCUT2D eigenvalue weighted by Gasteiger charge is 2.41. The number of hydrogen-bond donors (Lipinski definition) is 0. The third-order valence-electron chi connectivity index (χ3n) is 5.21. The Balaban J connectivity index is 1.51. The number of ether oxygens (including phenoxy) is 2. The van der Waals surface area contributed by atoms with Gasteiger partial charge in [-0.1, -0.05) is 18.2 Å². The average molecular weight is 375 g/mol. The Morgan fingerprint density at radius 2 is 1.85 bits per heavy atom. The lowest BCUT2D eigenvalue weighted by atomic mass is 9.92. The van der Waals surface area contributed by atoms with E-state index in [4.69, 9.17) is 9.47 Å². The SMILES string of the molecule is O=C(C(Cc1cccs1)c1ccc(F)cc1)N1CCC2(CC1)OCCO2. The summed E-state index contributed by atoms with van der Waals surface area (Å²) in [6.07, 6.45) is 2.04. The highest BCUT2D eigenvalue weighted by Crippen LogP contribution is 2.33. The summed E-state index contributed by atoms with van der Waals surface area (Å²) in [6, 6.07) is 10.3. The van der Waals surface area contributed by atoms with E-state index in [0.717, 1.165) is 10.4 Å². The van der Waals surface area contributed by atoms with Gasteiger partial charge in [0.05, 0.1) is 19.1 Å². The molecule has 4 nitrogen and oxygen atoms in total. The number of benzene rings is 1. The number of rotatable bonds is 4. The van der Waals surface area contributed by atoms with Crippen LogP contribution in [-0.2, 0) is 20.7 Å². The third-order valence-corrected chi connectivity index (χ3v) is 6.11. The van der Waals surface area contributed by atoms with Crippen molar-refractivity contribution in [2.75, 3.05) is 26.3 Å². The zero-order valence-electron chi connectivity index (χ0n) is 14.5. The van der Waals surface area contributed by atoms with Gasteiger partial charge in [-0.2, -0.15) is 0 Å². The second-order valence-electron chi connectivity index (χ2n) is 6.82. The normalized spacial score (nSPS) is 20.4. The van der Waals surface area contributed by atoms with Crippen LogP contribution >= 0.6 is 11.3 Å². The molecular formula is C20H22FNO3S. The van der Waals surface area contributed by atoms with Gasteiger partial charge in [0.1, 0.15) is 5.82 Å². The third kappa shape index (κ3) is 3.68. The van der Waals surface area contributed by atoms with Crippen LogP contribution in [0.5, 0.6) is 0 Å². The zero-order valence-corrected chi connectivity index (χ0v) is 15.3. The van der Waals surface area contributed by atoms with Gasteiger partial charge < -0.3 is 14.4 Å². The number of nitrogens with zero attached hydrogens (tertiary/aromatic N) is 1. The predicted octanol–water partition coefficient (Wildman–Crippen LogP) is 3.58. The molecule has 0 N–H and O–H groups in total. The van der Waals surface area contributed by atoms with E-state index >= 15 is 0 Å². The molecule has 2 aromatic rings. The number of hydrogen-bond acceptors (Lipinski definition) is 4. The van der Waals surface area contributed by atoms with Gasteiger partial charge in [-0.05, 0) is 35.6 Å². The van der Waals surface area contributed by atoms with Gasteiger partial charge in [-0.15, -0.1) is 11.3 Å². The highest BCUT2D eigenvalue weighted by molar-refractivity contribution is 7.09. The molecule has 0 bridgehead atoms. The minimum absolute atomic E-state index is 0.0952. The van der Waals surface area contributed by atoms with Crippen molar-refractivity contribution in [2.45, 2.75) is 31.0 Å². The minimum atomic E-state index is -0.490. The molecule has 3 heterocycles. The Hall–Kier alpha value is -1.76. The van der Waals surface area contributed by atoms with Crippen LogP contribution < -0.4 is 0 Å². The van der Waals surface area contributed by atoms with Gasteiger partial charge in [-0.3, -0.25) is 4.79 Å². The van der Waals surface area contributed by atoms with E-state index < -0.39 is 5.79 Å². The fourth-order valence-electron chi connectivity index (χ4n) is 3.75. The summed E-state index contributed by atoms with van der Waals surface area (Å²) >= 11 is 1.64. The van der Waals surface area contributed by atoms with Crippen LogP contribution in [0.1, 0.15) is 29.2 Å². The van der Waals surface area contributed by atoms with E-state index in [1.165, 1.54) is 12.1 Å². The van der Waals surface area contributed by atoms with Crippen LogP contribution in [0.2, 0.25) is 0 Å². The van der Waals surface area contributed by atoms with Crippen molar-refractivity contribution in [1.29, 1.82) is 0 Å². The lowest BCUT2D eigenvalue weighted by Crippen LogP contribution is -2.48. The molecule has 1 spiro atoms. The first-order valence-electron chi connectivity index (χ1n) is 9.00. The van der Waals surface area contributed by atoms with Crippen molar-refractivity contribution in [3.8, 4) is 0 Å². The molecule has 0 radical (unpaired) electrons. The first kappa shape index (κ1) is 17.6. The number of carbonyl (C=O) groups is 1. The van der Waals surface area contributed by atoms with Crippen LogP contribution in [0.15, 0.2) is 41.8 Å². The highest BCUT2D eigenvalue weighted by atomic mass is 32.1. The molecule has 2 fully saturated rings. The topological polar surface area (TPSA) is 38.8 Å². The number of amides is 1. The number of likely N-dealkylation sites (tertiary alicyclic amines) is 1. The van der Waals surface area contributed by atoms with E-state index in [9.17, 15) is 9.18 Å². The Kier molecular flexibility index (Phi) is 5.07. The van der Waals surface area contributed by atoms with Gasteiger partial charge >= 0.3 is 0 Å². The quantitative estimate of drug-likeness (QED) is 0.820. The van der Waals surface area contributed by atoms with Crippen LogP contribution in [-0.4, -0.2) is 42.9 Å². The standard InChI is InChI=1S/C20H22FNO3S/c21-16-5-3-15(4-6-16)18(14-17-2-1-13-26-17)19(23)22-9-7-20(8-10-22)24-11-12-25-20/h1-6,13,18H,7-12,14H2. The first-order chi connectivity index (χ1) is 12.7. The smallest absolute Gasteiger partial charge is 0.230 e. The van der Waals surface area contributed by atoms with E-state index in [-0.39, 0.29) is 17.6 Å². The Morgan fingerprint density at radius 3 is 2.46 bits per heavy atom. The number of halogens is 1. The maximum atomic E-state index is 13.3. The monoisotopic (exact) mass is 375 g/mol. The van der Waals surface area contributed by atoms with Crippen LogP contribution in [0.4, 0.5) is 4.39 Å². The first-order valence-corrected chi connectivity index (χ1v) is 9.88. The van der Waals surface area contributed by atoms with E-state index in [1.807, 2.05) is 22.4 Å². The summed E-state index contributed by atoms with van der Waals surface area (Å²) in [5, 5.41) is 2.01. The number of piperidine rings is 1. The molecule has 6 heteroatoms. The number of carbonyl (C=O) groups excluding carboxylic acids is 1. The second-order valence-corrected chi connectivity index (χ2v) is 7.85. The zero-order chi connectivity index (χ0) is 18.0. The van der Waals surface area contributed by atoms with Crippen molar-refractivity contribution < 1.29 is 18.7 Å². The second kappa shape index (κ2) is 7.47. The molecule has 2 saturated heterocycles. The Labute approximate surface area is 156 Å². The summed E-state index contributed by atoms with van der Waals surface area (Å²) < 4.78 is 24.8. The van der Waals surface area contributed by atoms with Gasteiger partial charge in [0.25, 0.3) is 0 Å². The van der Waals surface area contributed by atoms with E-state index in [1.54, 1.807) is 23.5 Å². The predicted molar refractivity (Wildman–Crippen MR) is 97.6 cm³/mol. The fraction of sp³-hybridized carbons (Fsp3) is 0.450. The molecule has 26 heavy (non-hydrogen) atoms. The summed E-state index contributed by atoms with van der Waals surface area (Å²) in [7, 11) is 0. The van der Waals surface area contributed by atoms with Crippen LogP contribution in [0.25, 0.3) is 0 Å². The van der Waals surface area contributed by atoms with Crippen LogP contribution in [0, 0.1) is 5.82 Å². The number of thiophene rings is 1. The van der Waals surface area contributed by atoms with Gasteiger partial charge in [0.15, 0.2) is 5.79 Å². The van der Waals surface area contributed by atoms with Crippen molar-refractivity contribution in [3.63, 3.8) is 0 Å². The average Bonchev–Trinajstić information content (AvgIpc) is 3.33. The largest absolute Gasteiger partial charge is 0.347 e. The summed E-state index contributed by atoms with van der Waals surface area (Å²) in [6.45, 7) is 2.51. The van der Waals surface area contributed by atoms with E-state index in [0.29, 0.717) is 45.6 Å². The Morgan fingerprint density at radius 1 is 1.15 bits per heavy atom. The molecule has 1 aromatic heterocycles.